The number of anilines is 1. The Morgan fingerprint density at radius 3 is 2.45 bits per heavy atom. The molecule has 3 N–H and O–H groups in total. The number of likely N-dealkylation sites (tertiary alicyclic amines) is 1. The van der Waals surface area contributed by atoms with E-state index in [1.165, 1.54) is 23.1 Å². The second-order valence-corrected chi connectivity index (χ2v) is 16.7. The van der Waals surface area contributed by atoms with E-state index in [-0.39, 0.29) is 24.3 Å². The monoisotopic (exact) mass is 797 g/mol. The number of rotatable bonds is 14. The SMILES string of the molecule is C[C@@H](OCc1ccccc1)[C@H](NC(=O)OC(C)(C)C)C(=O)Nc1cccc(-c2csc(SCC(=O)NC3CCN(Cc4ccc(Cl)c(Cl)c4)CC3)n2)c1. The highest BCUT2D eigenvalue weighted by Gasteiger charge is 2.30. The topological polar surface area (TPSA) is 122 Å². The van der Waals surface area contributed by atoms with E-state index in [0.29, 0.717) is 15.7 Å². The van der Waals surface area contributed by atoms with Crippen molar-refractivity contribution < 1.29 is 23.9 Å². The summed E-state index contributed by atoms with van der Waals surface area (Å²) in [6.07, 6.45) is 0.367. The number of halogens is 2. The summed E-state index contributed by atoms with van der Waals surface area (Å²) in [4.78, 5) is 46.2. The van der Waals surface area contributed by atoms with Crippen LogP contribution in [0.2, 0.25) is 10.0 Å². The summed E-state index contributed by atoms with van der Waals surface area (Å²) in [5.74, 6) is -0.203. The zero-order chi connectivity index (χ0) is 38.0. The number of nitrogens with one attached hydrogen (secondary N) is 3. The second kappa shape index (κ2) is 19.1. The number of amides is 3. The number of piperidine rings is 1. The van der Waals surface area contributed by atoms with Gasteiger partial charge in [0.15, 0.2) is 4.34 Å². The summed E-state index contributed by atoms with van der Waals surface area (Å²) in [5, 5.41) is 11.8. The Morgan fingerprint density at radius 1 is 0.981 bits per heavy atom. The molecule has 3 amide bonds. The van der Waals surface area contributed by atoms with E-state index in [2.05, 4.69) is 20.9 Å². The lowest BCUT2D eigenvalue weighted by molar-refractivity contribution is -0.122. The molecule has 10 nitrogen and oxygen atoms in total. The predicted molar refractivity (Wildman–Crippen MR) is 214 cm³/mol. The highest BCUT2D eigenvalue weighted by atomic mass is 35.5. The third kappa shape index (κ3) is 13.0. The van der Waals surface area contributed by atoms with Crippen LogP contribution < -0.4 is 16.0 Å². The first kappa shape index (κ1) is 40.5. The molecule has 0 aliphatic carbocycles. The van der Waals surface area contributed by atoms with Gasteiger partial charge >= 0.3 is 6.09 Å². The van der Waals surface area contributed by atoms with Crippen LogP contribution >= 0.6 is 46.3 Å². The van der Waals surface area contributed by atoms with Crippen molar-refractivity contribution in [1.29, 1.82) is 0 Å². The predicted octanol–water partition coefficient (Wildman–Crippen LogP) is 8.43. The van der Waals surface area contributed by atoms with E-state index < -0.39 is 29.7 Å². The van der Waals surface area contributed by atoms with Crippen molar-refractivity contribution in [3.63, 3.8) is 0 Å². The highest BCUT2D eigenvalue weighted by Crippen LogP contribution is 2.30. The molecule has 1 aromatic heterocycles. The van der Waals surface area contributed by atoms with E-state index in [1.54, 1.807) is 33.8 Å². The van der Waals surface area contributed by atoms with Gasteiger partial charge in [0.2, 0.25) is 11.8 Å². The van der Waals surface area contributed by atoms with E-state index >= 15 is 0 Å². The zero-order valence-corrected chi connectivity index (χ0v) is 33.3. The maximum Gasteiger partial charge on any atom is 0.408 e. The van der Waals surface area contributed by atoms with Crippen molar-refractivity contribution in [3.05, 3.63) is 99.3 Å². The van der Waals surface area contributed by atoms with Gasteiger partial charge in [-0.3, -0.25) is 14.5 Å². The lowest BCUT2D eigenvalue weighted by Gasteiger charge is -2.32. The van der Waals surface area contributed by atoms with Crippen molar-refractivity contribution in [1.82, 2.24) is 20.5 Å². The Balaban J connectivity index is 1.12. The molecule has 5 rings (SSSR count). The number of carbonyl (C=O) groups excluding carboxylic acids is 3. The van der Waals surface area contributed by atoms with Crippen LogP contribution in [-0.2, 0) is 32.2 Å². The Labute approximate surface area is 329 Å². The van der Waals surface area contributed by atoms with Gasteiger partial charge in [-0.05, 0) is 75.9 Å². The first-order valence-electron chi connectivity index (χ1n) is 17.4. The first-order chi connectivity index (χ1) is 25.3. The van der Waals surface area contributed by atoms with Crippen molar-refractivity contribution in [2.75, 3.05) is 24.2 Å². The van der Waals surface area contributed by atoms with Crippen LogP contribution in [-0.4, -0.2) is 70.4 Å². The molecule has 1 saturated heterocycles. The summed E-state index contributed by atoms with van der Waals surface area (Å²) in [6.45, 7) is 9.84. The molecular formula is C39H45Cl2N5O5S2. The molecule has 0 unspecified atom stereocenters. The molecule has 0 radical (unpaired) electrons. The van der Waals surface area contributed by atoms with Gasteiger partial charge in [-0.25, -0.2) is 9.78 Å². The summed E-state index contributed by atoms with van der Waals surface area (Å²) < 4.78 is 12.2. The lowest BCUT2D eigenvalue weighted by atomic mass is 10.0. The fourth-order valence-electron chi connectivity index (χ4n) is 5.69. The standard InChI is InChI=1S/C39H45Cl2N5O5S2/c1-25(50-22-26-9-6-5-7-10-26)35(45-37(49)51-39(2,3)4)36(48)43-30-12-8-11-28(20-30)33-23-52-38(44-33)53-24-34(47)42-29-15-17-46(18-16-29)21-27-13-14-31(40)32(41)19-27/h5-14,19-20,23,25,29,35H,15-18,21-22,24H2,1-4H3,(H,42,47)(H,43,48)(H,45,49)/t25-,35+/m1/s1. The third-order valence-electron chi connectivity index (χ3n) is 8.36. The molecule has 0 bridgehead atoms. The number of ether oxygens (including phenoxy) is 2. The Hall–Kier alpha value is -3.65. The summed E-state index contributed by atoms with van der Waals surface area (Å²) in [7, 11) is 0. The van der Waals surface area contributed by atoms with Crippen LogP contribution in [0.5, 0.6) is 0 Å². The van der Waals surface area contributed by atoms with Gasteiger partial charge in [0.1, 0.15) is 11.6 Å². The zero-order valence-electron chi connectivity index (χ0n) is 30.2. The van der Waals surface area contributed by atoms with Gasteiger partial charge < -0.3 is 25.4 Å². The normalized spacial score (nSPS) is 15.0. The number of hydrogen-bond acceptors (Lipinski definition) is 9. The average Bonchev–Trinajstić information content (AvgIpc) is 3.60. The number of hydrogen-bond donors (Lipinski definition) is 3. The number of thiazole rings is 1. The number of alkyl carbamates (subject to hydrolysis) is 1. The minimum atomic E-state index is -1.04. The van der Waals surface area contributed by atoms with Crippen LogP contribution in [0.15, 0.2) is 82.5 Å². The van der Waals surface area contributed by atoms with Crippen LogP contribution in [0.3, 0.4) is 0 Å². The molecule has 0 saturated carbocycles. The molecule has 4 aromatic rings. The quantitative estimate of drug-likeness (QED) is 0.109. The van der Waals surface area contributed by atoms with Gasteiger partial charge in [0.25, 0.3) is 0 Å². The van der Waals surface area contributed by atoms with Crippen molar-refractivity contribution in [2.45, 2.75) is 81.8 Å². The van der Waals surface area contributed by atoms with E-state index in [4.69, 9.17) is 37.7 Å². The smallest absolute Gasteiger partial charge is 0.408 e. The number of aromatic nitrogens is 1. The van der Waals surface area contributed by atoms with Crippen LogP contribution in [0, 0.1) is 0 Å². The fourth-order valence-corrected chi connectivity index (χ4v) is 7.66. The van der Waals surface area contributed by atoms with Gasteiger partial charge in [0.05, 0.1) is 34.2 Å². The summed E-state index contributed by atoms with van der Waals surface area (Å²) in [5.41, 5.74) is 3.38. The first-order valence-corrected chi connectivity index (χ1v) is 20.0. The number of carbonyl (C=O) groups is 3. The van der Waals surface area contributed by atoms with Gasteiger partial charge in [0, 0.05) is 42.3 Å². The average molecular weight is 799 g/mol. The van der Waals surface area contributed by atoms with Gasteiger partial charge in [-0.1, -0.05) is 83.5 Å². The molecule has 53 heavy (non-hydrogen) atoms. The summed E-state index contributed by atoms with van der Waals surface area (Å²) in [6, 6.07) is 21.7. The third-order valence-corrected chi connectivity index (χ3v) is 11.1. The Bertz CT molecular complexity index is 1850. The Kier molecular flexibility index (Phi) is 14.6. The fraction of sp³-hybridized carbons (Fsp3) is 0.385. The molecule has 1 aliphatic heterocycles. The van der Waals surface area contributed by atoms with E-state index in [0.717, 1.165) is 59.2 Å². The highest BCUT2D eigenvalue weighted by molar-refractivity contribution is 8.01. The number of benzene rings is 3. The molecule has 2 heterocycles. The molecule has 3 aromatic carbocycles. The largest absolute Gasteiger partial charge is 0.444 e. The van der Waals surface area contributed by atoms with Crippen molar-refractivity contribution in [2.24, 2.45) is 0 Å². The molecule has 0 spiro atoms. The molecule has 2 atom stereocenters. The lowest BCUT2D eigenvalue weighted by Crippen LogP contribution is -2.52. The minimum Gasteiger partial charge on any atom is -0.444 e. The molecule has 1 fully saturated rings. The van der Waals surface area contributed by atoms with Crippen molar-refractivity contribution >= 4 is 69.9 Å². The minimum absolute atomic E-state index is 0.0177. The van der Waals surface area contributed by atoms with Gasteiger partial charge in [-0.15, -0.1) is 11.3 Å². The molecule has 282 valence electrons. The molecular weight excluding hydrogens is 753 g/mol. The maximum absolute atomic E-state index is 13.6. The maximum atomic E-state index is 13.6. The summed E-state index contributed by atoms with van der Waals surface area (Å²) >= 11 is 15.1. The van der Waals surface area contributed by atoms with Crippen molar-refractivity contribution in [3.8, 4) is 11.3 Å². The Morgan fingerprint density at radius 2 is 1.74 bits per heavy atom. The van der Waals surface area contributed by atoms with Gasteiger partial charge in [-0.2, -0.15) is 0 Å². The van der Waals surface area contributed by atoms with E-state index in [1.807, 2.05) is 72.1 Å². The van der Waals surface area contributed by atoms with E-state index in [9.17, 15) is 14.4 Å². The molecule has 14 heteroatoms. The molecule has 1 aliphatic rings. The number of thioether (sulfide) groups is 1. The van der Waals surface area contributed by atoms with Crippen LogP contribution in [0.4, 0.5) is 10.5 Å². The second-order valence-electron chi connectivity index (χ2n) is 13.8. The van der Waals surface area contributed by atoms with Crippen LogP contribution in [0.1, 0.15) is 51.7 Å². The van der Waals surface area contributed by atoms with Crippen LogP contribution in [0.25, 0.3) is 11.3 Å². The number of nitrogens with zero attached hydrogens (tertiary/aromatic N) is 2.